The smallest absolute Gasteiger partial charge is 0.239 e. The van der Waals surface area contributed by atoms with Crippen LogP contribution < -0.4 is 5.32 Å². The Morgan fingerprint density at radius 1 is 1.41 bits per heavy atom. The Bertz CT molecular complexity index is 266. The molecule has 0 spiro atoms. The van der Waals surface area contributed by atoms with E-state index in [1.165, 1.54) is 0 Å². The van der Waals surface area contributed by atoms with Gasteiger partial charge >= 0.3 is 0 Å². The molecule has 17 heavy (non-hydrogen) atoms. The fraction of sp³-hybridized carbons (Fsp3) is 0.917. The van der Waals surface area contributed by atoms with E-state index in [9.17, 15) is 4.79 Å². The minimum absolute atomic E-state index is 0.00730. The van der Waals surface area contributed by atoms with Gasteiger partial charge in [0.15, 0.2) is 0 Å². The summed E-state index contributed by atoms with van der Waals surface area (Å²) >= 11 is 0. The van der Waals surface area contributed by atoms with Crippen molar-refractivity contribution in [2.24, 2.45) is 0 Å². The summed E-state index contributed by atoms with van der Waals surface area (Å²) in [6.45, 7) is 4.89. The van der Waals surface area contributed by atoms with Gasteiger partial charge in [-0.05, 0) is 26.3 Å². The molecule has 0 aromatic carbocycles. The monoisotopic (exact) mass is 242 g/mol. The summed E-state index contributed by atoms with van der Waals surface area (Å²) in [5.74, 6) is 0.201. The average molecular weight is 242 g/mol. The lowest BCUT2D eigenvalue weighted by atomic mass is 10.2. The summed E-state index contributed by atoms with van der Waals surface area (Å²) in [6, 6.07) is 0.00730. The molecule has 2 rings (SSSR count). The zero-order valence-electron chi connectivity index (χ0n) is 10.6. The number of nitrogens with one attached hydrogen (secondary N) is 1. The molecule has 5 heteroatoms. The Morgan fingerprint density at radius 2 is 2.18 bits per heavy atom. The molecule has 0 radical (unpaired) electrons. The predicted octanol–water partition coefficient (Wildman–Crippen LogP) is 0.000700. The molecule has 0 bridgehead atoms. The van der Waals surface area contributed by atoms with Gasteiger partial charge in [-0.2, -0.15) is 0 Å². The summed E-state index contributed by atoms with van der Waals surface area (Å²) in [4.78, 5) is 14.1. The first kappa shape index (κ1) is 12.8. The van der Waals surface area contributed by atoms with Gasteiger partial charge in [-0.1, -0.05) is 0 Å². The third-order valence-electron chi connectivity index (χ3n) is 3.57. The molecule has 5 nitrogen and oxygen atoms in total. The molecule has 1 amide bonds. The fourth-order valence-electron chi connectivity index (χ4n) is 2.64. The number of hydrogen-bond acceptors (Lipinski definition) is 4. The maximum Gasteiger partial charge on any atom is 0.239 e. The SMILES string of the molecule is CCOC1CN(C(=O)C2CCCN2)CC1OC. The number of likely N-dealkylation sites (tertiary alicyclic amines) is 1. The van der Waals surface area contributed by atoms with Crippen LogP contribution in [0.25, 0.3) is 0 Å². The first-order chi connectivity index (χ1) is 8.26. The highest BCUT2D eigenvalue weighted by Gasteiger charge is 2.38. The molecule has 2 aliphatic heterocycles. The normalized spacial score (nSPS) is 33.3. The number of methoxy groups -OCH3 is 1. The van der Waals surface area contributed by atoms with Crippen molar-refractivity contribution in [1.82, 2.24) is 10.2 Å². The van der Waals surface area contributed by atoms with Gasteiger partial charge in [0.25, 0.3) is 0 Å². The standard InChI is InChI=1S/C12H22N2O3/c1-3-17-11-8-14(7-10(11)16-2)12(15)9-5-4-6-13-9/h9-11,13H,3-8H2,1-2H3. The molecule has 3 atom stereocenters. The highest BCUT2D eigenvalue weighted by molar-refractivity contribution is 5.82. The van der Waals surface area contributed by atoms with Crippen LogP contribution in [0.4, 0.5) is 0 Å². The molecule has 0 aliphatic carbocycles. The Morgan fingerprint density at radius 3 is 2.76 bits per heavy atom. The van der Waals surface area contributed by atoms with Gasteiger partial charge in [0.1, 0.15) is 12.2 Å². The van der Waals surface area contributed by atoms with E-state index in [1.54, 1.807) is 7.11 Å². The largest absolute Gasteiger partial charge is 0.377 e. The lowest BCUT2D eigenvalue weighted by Gasteiger charge is -2.20. The van der Waals surface area contributed by atoms with Crippen LogP contribution in [-0.4, -0.2) is 62.4 Å². The highest BCUT2D eigenvalue weighted by atomic mass is 16.5. The van der Waals surface area contributed by atoms with Crippen molar-refractivity contribution in [3.63, 3.8) is 0 Å². The number of ether oxygens (including phenoxy) is 2. The molecule has 2 heterocycles. The lowest BCUT2D eigenvalue weighted by molar-refractivity contribution is -0.132. The average Bonchev–Trinajstić information content (AvgIpc) is 2.97. The zero-order valence-corrected chi connectivity index (χ0v) is 10.6. The van der Waals surface area contributed by atoms with E-state index in [-0.39, 0.29) is 24.2 Å². The third kappa shape index (κ3) is 2.78. The van der Waals surface area contributed by atoms with Crippen LogP contribution in [-0.2, 0) is 14.3 Å². The topological polar surface area (TPSA) is 50.8 Å². The van der Waals surface area contributed by atoms with E-state index < -0.39 is 0 Å². The second-order valence-electron chi connectivity index (χ2n) is 4.66. The van der Waals surface area contributed by atoms with E-state index in [0.29, 0.717) is 19.7 Å². The first-order valence-electron chi connectivity index (χ1n) is 6.42. The Hall–Kier alpha value is -0.650. The zero-order chi connectivity index (χ0) is 12.3. The third-order valence-corrected chi connectivity index (χ3v) is 3.57. The summed E-state index contributed by atoms with van der Waals surface area (Å²) in [7, 11) is 1.68. The lowest BCUT2D eigenvalue weighted by Crippen LogP contribution is -2.43. The summed E-state index contributed by atoms with van der Waals surface area (Å²) in [5, 5.41) is 3.24. The van der Waals surface area contributed by atoms with Crippen LogP contribution >= 0.6 is 0 Å². The van der Waals surface area contributed by atoms with Crippen molar-refractivity contribution in [3.05, 3.63) is 0 Å². The van der Waals surface area contributed by atoms with Crippen LogP contribution in [0.1, 0.15) is 19.8 Å². The van der Waals surface area contributed by atoms with Gasteiger partial charge in [0.2, 0.25) is 5.91 Å². The molecule has 1 N–H and O–H groups in total. The van der Waals surface area contributed by atoms with Gasteiger partial charge in [-0.15, -0.1) is 0 Å². The van der Waals surface area contributed by atoms with Crippen LogP contribution in [0.15, 0.2) is 0 Å². The number of amides is 1. The van der Waals surface area contributed by atoms with E-state index in [2.05, 4.69) is 5.32 Å². The van der Waals surface area contributed by atoms with Gasteiger partial charge in [0, 0.05) is 26.8 Å². The van der Waals surface area contributed by atoms with Crippen molar-refractivity contribution in [2.75, 3.05) is 33.4 Å². The van der Waals surface area contributed by atoms with Gasteiger partial charge < -0.3 is 19.7 Å². The number of nitrogens with zero attached hydrogens (tertiary/aromatic N) is 1. The van der Waals surface area contributed by atoms with Crippen LogP contribution in [0.3, 0.4) is 0 Å². The minimum atomic E-state index is 0.00730. The van der Waals surface area contributed by atoms with Gasteiger partial charge in [-0.3, -0.25) is 4.79 Å². The number of carbonyl (C=O) groups is 1. The molecule has 2 aliphatic rings. The van der Waals surface area contributed by atoms with Crippen molar-refractivity contribution in [1.29, 1.82) is 0 Å². The molecule has 2 saturated heterocycles. The summed E-state index contributed by atoms with van der Waals surface area (Å²) < 4.78 is 11.0. The van der Waals surface area contributed by atoms with Crippen LogP contribution in [0.2, 0.25) is 0 Å². The Labute approximate surface area is 102 Å². The summed E-state index contributed by atoms with van der Waals surface area (Å²) in [5.41, 5.74) is 0. The Kier molecular flexibility index (Phi) is 4.36. The van der Waals surface area contributed by atoms with E-state index in [0.717, 1.165) is 19.4 Å². The van der Waals surface area contributed by atoms with Crippen molar-refractivity contribution >= 4 is 5.91 Å². The molecule has 0 aromatic rings. The molecule has 2 fully saturated rings. The molecule has 0 saturated carbocycles. The van der Waals surface area contributed by atoms with E-state index in [4.69, 9.17) is 9.47 Å². The summed E-state index contributed by atoms with van der Waals surface area (Å²) in [6.07, 6.45) is 2.08. The number of carbonyl (C=O) groups excluding carboxylic acids is 1. The molecule has 3 unspecified atom stereocenters. The maximum atomic E-state index is 12.2. The van der Waals surface area contributed by atoms with Crippen molar-refractivity contribution in [3.8, 4) is 0 Å². The number of hydrogen-bond donors (Lipinski definition) is 1. The quantitative estimate of drug-likeness (QED) is 0.754. The van der Waals surface area contributed by atoms with Crippen LogP contribution in [0, 0.1) is 0 Å². The van der Waals surface area contributed by atoms with Crippen molar-refractivity contribution < 1.29 is 14.3 Å². The molecular formula is C12H22N2O3. The minimum Gasteiger partial charge on any atom is -0.377 e. The maximum absolute atomic E-state index is 12.2. The molecular weight excluding hydrogens is 220 g/mol. The molecule has 98 valence electrons. The Balaban J connectivity index is 1.91. The first-order valence-corrected chi connectivity index (χ1v) is 6.42. The highest BCUT2D eigenvalue weighted by Crippen LogP contribution is 2.19. The molecule has 0 aromatic heterocycles. The second kappa shape index (κ2) is 5.80. The predicted molar refractivity (Wildman–Crippen MR) is 63.8 cm³/mol. The van der Waals surface area contributed by atoms with Crippen LogP contribution in [0.5, 0.6) is 0 Å². The van der Waals surface area contributed by atoms with Gasteiger partial charge in [-0.25, -0.2) is 0 Å². The van der Waals surface area contributed by atoms with Gasteiger partial charge in [0.05, 0.1) is 6.04 Å². The second-order valence-corrected chi connectivity index (χ2v) is 4.66. The van der Waals surface area contributed by atoms with E-state index >= 15 is 0 Å². The number of rotatable bonds is 4. The fourth-order valence-corrected chi connectivity index (χ4v) is 2.64. The van der Waals surface area contributed by atoms with E-state index in [1.807, 2.05) is 11.8 Å². The van der Waals surface area contributed by atoms with Crippen molar-refractivity contribution in [2.45, 2.75) is 38.0 Å².